The quantitative estimate of drug-likeness (QED) is 0.371. The zero-order valence-electron chi connectivity index (χ0n) is 14.0. The van der Waals surface area contributed by atoms with Gasteiger partial charge in [-0.05, 0) is 45.5 Å². The van der Waals surface area contributed by atoms with E-state index in [4.69, 9.17) is 0 Å². The maximum Gasteiger partial charge on any atom is 0.240 e. The third-order valence-electron chi connectivity index (χ3n) is 3.32. The Balaban J connectivity index is 2.52. The first-order chi connectivity index (χ1) is 11.1. The molecule has 0 aliphatic heterocycles. The highest BCUT2D eigenvalue weighted by atomic mass is 16.2. The lowest BCUT2D eigenvalue weighted by molar-refractivity contribution is -0.121. The molecule has 1 rings (SSSR count). The Hall–Kier alpha value is -2.08. The van der Waals surface area contributed by atoms with Crippen molar-refractivity contribution in [2.45, 2.75) is 45.4 Å². The second-order valence-electron chi connectivity index (χ2n) is 5.42. The van der Waals surface area contributed by atoms with E-state index in [1.165, 1.54) is 0 Å². The molecule has 6 nitrogen and oxygen atoms in total. The molecule has 1 amide bonds. The molecule has 0 saturated carbocycles. The van der Waals surface area contributed by atoms with Crippen LogP contribution < -0.4 is 10.7 Å². The van der Waals surface area contributed by atoms with Gasteiger partial charge in [0.25, 0.3) is 0 Å². The fourth-order valence-corrected chi connectivity index (χ4v) is 2.02. The number of hydrogen-bond acceptors (Lipinski definition) is 5. The van der Waals surface area contributed by atoms with Crippen LogP contribution in [0.5, 0.6) is 0 Å². The summed E-state index contributed by atoms with van der Waals surface area (Å²) in [7, 11) is 1.92. The molecule has 0 atom stereocenters. The van der Waals surface area contributed by atoms with E-state index < -0.39 is 0 Å². The van der Waals surface area contributed by atoms with Crippen molar-refractivity contribution in [3.63, 3.8) is 0 Å². The predicted octanol–water partition coefficient (Wildman–Crippen LogP) is 2.05. The minimum absolute atomic E-state index is 0.0875. The van der Waals surface area contributed by atoms with Gasteiger partial charge in [-0.3, -0.25) is 9.78 Å². The lowest BCUT2D eigenvalue weighted by Gasteiger charge is -2.06. The average Bonchev–Trinajstić information content (AvgIpc) is 2.55. The van der Waals surface area contributed by atoms with Crippen molar-refractivity contribution >= 4 is 17.4 Å². The summed E-state index contributed by atoms with van der Waals surface area (Å²) in [5, 5.41) is 7.25. The number of carbonyl (C=O) groups is 2. The Morgan fingerprint density at radius 3 is 2.61 bits per heavy atom. The summed E-state index contributed by atoms with van der Waals surface area (Å²) in [6.07, 6.45) is 5.89. The van der Waals surface area contributed by atoms with Crippen molar-refractivity contribution in [1.82, 2.24) is 15.7 Å². The number of ketones is 1. The minimum Gasteiger partial charge on any atom is -0.320 e. The van der Waals surface area contributed by atoms with Crippen molar-refractivity contribution < 1.29 is 9.59 Å². The van der Waals surface area contributed by atoms with E-state index in [2.05, 4.69) is 20.8 Å². The number of aromatic nitrogens is 1. The Kier molecular flexibility index (Phi) is 9.47. The topological polar surface area (TPSA) is 83.5 Å². The normalized spacial score (nSPS) is 11.3. The molecule has 0 fully saturated rings. The van der Waals surface area contributed by atoms with Gasteiger partial charge in [0, 0.05) is 25.5 Å². The van der Waals surface area contributed by atoms with Crippen molar-refractivity contribution in [2.24, 2.45) is 5.10 Å². The molecular weight excluding hydrogens is 292 g/mol. The SMILES string of the molecule is CNCCCCCC(=O)N/N=C(/CCC(C)=O)c1ccccn1. The molecule has 1 aromatic heterocycles. The molecule has 0 saturated heterocycles. The van der Waals surface area contributed by atoms with Gasteiger partial charge in [0.05, 0.1) is 11.4 Å². The Bertz CT molecular complexity index is 515. The highest BCUT2D eigenvalue weighted by Gasteiger charge is 2.08. The van der Waals surface area contributed by atoms with Crippen LogP contribution in [0.2, 0.25) is 0 Å². The minimum atomic E-state index is -0.106. The molecule has 1 aromatic rings. The van der Waals surface area contributed by atoms with Gasteiger partial charge in [-0.15, -0.1) is 0 Å². The second-order valence-corrected chi connectivity index (χ2v) is 5.42. The lowest BCUT2D eigenvalue weighted by Crippen LogP contribution is -2.20. The molecule has 0 aromatic carbocycles. The number of rotatable bonds is 11. The van der Waals surface area contributed by atoms with Gasteiger partial charge in [-0.1, -0.05) is 12.5 Å². The number of unbranched alkanes of at least 4 members (excludes halogenated alkanes) is 2. The number of nitrogens with zero attached hydrogens (tertiary/aromatic N) is 2. The van der Waals surface area contributed by atoms with E-state index in [1.807, 2.05) is 25.2 Å². The number of hydrazone groups is 1. The average molecular weight is 318 g/mol. The van der Waals surface area contributed by atoms with Gasteiger partial charge in [0.1, 0.15) is 5.78 Å². The number of pyridine rings is 1. The fraction of sp³-hybridized carbons (Fsp3) is 0.529. The molecule has 0 aliphatic rings. The summed E-state index contributed by atoms with van der Waals surface area (Å²) >= 11 is 0. The van der Waals surface area contributed by atoms with Gasteiger partial charge in [0.2, 0.25) is 5.91 Å². The standard InChI is InChI=1S/C17H26N4O2/c1-14(22)10-11-16(15-8-5-7-13-19-15)20-21-17(23)9-4-3-6-12-18-2/h5,7-8,13,18H,3-4,6,9-12H2,1-2H3,(H,21,23)/b20-16-. The molecule has 2 N–H and O–H groups in total. The van der Waals surface area contributed by atoms with Gasteiger partial charge in [-0.25, -0.2) is 5.43 Å². The third-order valence-corrected chi connectivity index (χ3v) is 3.32. The Morgan fingerprint density at radius 1 is 1.13 bits per heavy atom. The molecular formula is C17H26N4O2. The zero-order chi connectivity index (χ0) is 16.9. The molecule has 0 radical (unpaired) electrons. The highest BCUT2D eigenvalue weighted by molar-refractivity contribution is 6.01. The summed E-state index contributed by atoms with van der Waals surface area (Å²) in [6.45, 7) is 2.51. The van der Waals surface area contributed by atoms with E-state index in [-0.39, 0.29) is 11.7 Å². The smallest absolute Gasteiger partial charge is 0.240 e. The number of nitrogens with one attached hydrogen (secondary N) is 2. The molecule has 0 spiro atoms. The molecule has 0 aliphatic carbocycles. The molecule has 0 unspecified atom stereocenters. The number of Topliss-reactive ketones (excluding diaryl/α,β-unsaturated/α-hetero) is 1. The van der Waals surface area contributed by atoms with Gasteiger partial charge in [0.15, 0.2) is 0 Å². The maximum atomic E-state index is 11.8. The largest absolute Gasteiger partial charge is 0.320 e. The van der Waals surface area contributed by atoms with Crippen molar-refractivity contribution in [3.8, 4) is 0 Å². The molecule has 0 bridgehead atoms. The third kappa shape index (κ3) is 8.83. The first-order valence-corrected chi connectivity index (χ1v) is 8.04. The molecule has 1 heterocycles. The Morgan fingerprint density at radius 2 is 1.96 bits per heavy atom. The first kappa shape index (κ1) is 19.0. The van der Waals surface area contributed by atoms with Crippen LogP contribution in [0.15, 0.2) is 29.5 Å². The summed E-state index contributed by atoms with van der Waals surface area (Å²) in [5.41, 5.74) is 3.89. The predicted molar refractivity (Wildman–Crippen MR) is 91.2 cm³/mol. The van der Waals surface area contributed by atoms with Crippen LogP contribution in [-0.2, 0) is 9.59 Å². The first-order valence-electron chi connectivity index (χ1n) is 8.04. The number of amides is 1. The highest BCUT2D eigenvalue weighted by Crippen LogP contribution is 2.04. The van der Waals surface area contributed by atoms with E-state index in [0.29, 0.717) is 30.7 Å². The molecule has 6 heteroatoms. The monoisotopic (exact) mass is 318 g/mol. The van der Waals surface area contributed by atoms with Crippen LogP contribution in [0.3, 0.4) is 0 Å². The summed E-state index contributed by atoms with van der Waals surface area (Å²) in [6, 6.07) is 5.49. The van der Waals surface area contributed by atoms with E-state index in [0.717, 1.165) is 25.8 Å². The Labute approximate surface area is 137 Å². The number of carbonyl (C=O) groups excluding carboxylic acids is 2. The zero-order valence-corrected chi connectivity index (χ0v) is 14.0. The van der Waals surface area contributed by atoms with Crippen LogP contribution >= 0.6 is 0 Å². The summed E-state index contributed by atoms with van der Waals surface area (Å²) < 4.78 is 0. The van der Waals surface area contributed by atoms with E-state index >= 15 is 0 Å². The van der Waals surface area contributed by atoms with Crippen LogP contribution in [0.25, 0.3) is 0 Å². The second kappa shape index (κ2) is 11.5. The van der Waals surface area contributed by atoms with E-state index in [9.17, 15) is 9.59 Å². The van der Waals surface area contributed by atoms with Gasteiger partial charge < -0.3 is 10.1 Å². The maximum absolute atomic E-state index is 11.8. The van der Waals surface area contributed by atoms with Crippen LogP contribution in [0, 0.1) is 0 Å². The number of hydrogen-bond donors (Lipinski definition) is 2. The van der Waals surface area contributed by atoms with Gasteiger partial charge in [-0.2, -0.15) is 5.10 Å². The van der Waals surface area contributed by atoms with Crippen molar-refractivity contribution in [2.75, 3.05) is 13.6 Å². The fourth-order valence-electron chi connectivity index (χ4n) is 2.02. The molecule has 126 valence electrons. The van der Waals surface area contributed by atoms with Crippen LogP contribution in [0.4, 0.5) is 0 Å². The molecule has 23 heavy (non-hydrogen) atoms. The van der Waals surface area contributed by atoms with Crippen molar-refractivity contribution in [1.29, 1.82) is 0 Å². The van der Waals surface area contributed by atoms with Gasteiger partial charge >= 0.3 is 0 Å². The summed E-state index contributed by atoms with van der Waals surface area (Å²) in [4.78, 5) is 27.2. The van der Waals surface area contributed by atoms with Crippen LogP contribution in [0.1, 0.15) is 51.1 Å². The summed E-state index contributed by atoms with van der Waals surface area (Å²) in [5.74, 6) is -0.0183. The van der Waals surface area contributed by atoms with Crippen molar-refractivity contribution in [3.05, 3.63) is 30.1 Å². The van der Waals surface area contributed by atoms with E-state index in [1.54, 1.807) is 13.1 Å². The van der Waals surface area contributed by atoms with Crippen LogP contribution in [-0.4, -0.2) is 36.0 Å². The lowest BCUT2D eigenvalue weighted by atomic mass is 10.1.